The summed E-state index contributed by atoms with van der Waals surface area (Å²) in [4.78, 5) is 24.3. The SMILES string of the molecule is CCc1cccc(C)c1NC(=O)N(C)CCc1ccc([N+](=O)[O-])cc1. The summed E-state index contributed by atoms with van der Waals surface area (Å²) in [6, 6.07) is 12.2. The number of amides is 2. The molecule has 2 aromatic rings. The molecule has 6 heteroatoms. The standard InChI is InChI=1S/C19H23N3O3/c1-4-16-7-5-6-14(2)18(16)20-19(23)21(3)13-12-15-8-10-17(11-9-15)22(24)25/h5-11H,4,12-13H2,1-3H3,(H,20,23). The fourth-order valence-electron chi connectivity index (χ4n) is 2.59. The van der Waals surface area contributed by atoms with Crippen molar-refractivity contribution in [1.82, 2.24) is 4.90 Å². The van der Waals surface area contributed by atoms with Crippen molar-refractivity contribution in [2.75, 3.05) is 18.9 Å². The summed E-state index contributed by atoms with van der Waals surface area (Å²) in [7, 11) is 1.74. The highest BCUT2D eigenvalue weighted by Crippen LogP contribution is 2.21. The number of carbonyl (C=O) groups excluding carboxylic acids is 1. The minimum Gasteiger partial charge on any atom is -0.327 e. The van der Waals surface area contributed by atoms with Crippen molar-refractivity contribution >= 4 is 17.4 Å². The van der Waals surface area contributed by atoms with Gasteiger partial charge in [-0.15, -0.1) is 0 Å². The fourth-order valence-corrected chi connectivity index (χ4v) is 2.59. The van der Waals surface area contributed by atoms with Crippen LogP contribution in [0.1, 0.15) is 23.6 Å². The molecular formula is C19H23N3O3. The molecule has 0 bridgehead atoms. The third kappa shape index (κ3) is 4.79. The molecule has 25 heavy (non-hydrogen) atoms. The Bertz CT molecular complexity index is 757. The Morgan fingerprint density at radius 1 is 1.20 bits per heavy atom. The molecule has 6 nitrogen and oxygen atoms in total. The lowest BCUT2D eigenvalue weighted by Crippen LogP contribution is -2.33. The second-order valence-electron chi connectivity index (χ2n) is 5.99. The lowest BCUT2D eigenvalue weighted by atomic mass is 10.1. The third-order valence-corrected chi connectivity index (χ3v) is 4.20. The van der Waals surface area contributed by atoms with Crippen molar-refractivity contribution in [3.8, 4) is 0 Å². The molecule has 0 aliphatic heterocycles. The molecule has 0 aliphatic rings. The molecule has 1 N–H and O–H groups in total. The summed E-state index contributed by atoms with van der Waals surface area (Å²) >= 11 is 0. The average molecular weight is 341 g/mol. The molecule has 0 spiro atoms. The number of nitrogens with zero attached hydrogens (tertiary/aromatic N) is 2. The molecular weight excluding hydrogens is 318 g/mol. The number of hydrogen-bond acceptors (Lipinski definition) is 3. The van der Waals surface area contributed by atoms with Crippen LogP contribution in [0.4, 0.5) is 16.2 Å². The second-order valence-corrected chi connectivity index (χ2v) is 5.99. The predicted molar refractivity (Wildman–Crippen MR) is 99.0 cm³/mol. The van der Waals surface area contributed by atoms with E-state index in [1.165, 1.54) is 12.1 Å². The zero-order valence-electron chi connectivity index (χ0n) is 14.8. The van der Waals surface area contributed by atoms with Gasteiger partial charge in [-0.2, -0.15) is 0 Å². The van der Waals surface area contributed by atoms with Crippen molar-refractivity contribution < 1.29 is 9.72 Å². The molecule has 0 saturated carbocycles. The van der Waals surface area contributed by atoms with Crippen molar-refractivity contribution in [3.63, 3.8) is 0 Å². The monoisotopic (exact) mass is 341 g/mol. The zero-order valence-corrected chi connectivity index (χ0v) is 14.8. The number of urea groups is 1. The van der Waals surface area contributed by atoms with Crippen LogP contribution in [0.25, 0.3) is 0 Å². The molecule has 2 rings (SSSR count). The van der Waals surface area contributed by atoms with Gasteiger partial charge in [-0.05, 0) is 36.5 Å². The van der Waals surface area contributed by atoms with Crippen LogP contribution < -0.4 is 5.32 Å². The summed E-state index contributed by atoms with van der Waals surface area (Å²) < 4.78 is 0. The number of para-hydroxylation sites is 1. The first-order valence-electron chi connectivity index (χ1n) is 8.26. The number of carbonyl (C=O) groups is 1. The number of nitro groups is 1. The molecule has 2 aromatic carbocycles. The van der Waals surface area contributed by atoms with Crippen LogP contribution in [0.3, 0.4) is 0 Å². The Morgan fingerprint density at radius 2 is 1.88 bits per heavy atom. The molecule has 2 amide bonds. The Labute approximate surface area is 147 Å². The van der Waals surface area contributed by atoms with Gasteiger partial charge in [0.1, 0.15) is 0 Å². The number of non-ortho nitro benzene ring substituents is 1. The van der Waals surface area contributed by atoms with E-state index in [0.717, 1.165) is 28.8 Å². The molecule has 0 atom stereocenters. The highest BCUT2D eigenvalue weighted by atomic mass is 16.6. The van der Waals surface area contributed by atoms with Crippen LogP contribution in [-0.4, -0.2) is 29.4 Å². The molecule has 0 fully saturated rings. The van der Waals surface area contributed by atoms with Gasteiger partial charge in [-0.1, -0.05) is 37.3 Å². The van der Waals surface area contributed by atoms with E-state index in [2.05, 4.69) is 12.2 Å². The number of aryl methyl sites for hydroxylation is 2. The molecule has 0 radical (unpaired) electrons. The van der Waals surface area contributed by atoms with Crippen LogP contribution in [-0.2, 0) is 12.8 Å². The number of nitrogens with one attached hydrogen (secondary N) is 1. The van der Waals surface area contributed by atoms with Crippen molar-refractivity contribution in [2.45, 2.75) is 26.7 Å². The Kier molecular flexibility index (Phi) is 6.11. The summed E-state index contributed by atoms with van der Waals surface area (Å²) in [6.07, 6.45) is 1.49. The highest BCUT2D eigenvalue weighted by Gasteiger charge is 2.13. The average Bonchev–Trinajstić information content (AvgIpc) is 2.61. The minimum absolute atomic E-state index is 0.0708. The predicted octanol–water partition coefficient (Wildman–Crippen LogP) is 4.17. The molecule has 0 unspecified atom stereocenters. The quantitative estimate of drug-likeness (QED) is 0.633. The Morgan fingerprint density at radius 3 is 2.48 bits per heavy atom. The number of anilines is 1. The number of hydrogen-bond donors (Lipinski definition) is 1. The van der Waals surface area contributed by atoms with Gasteiger partial charge >= 0.3 is 6.03 Å². The summed E-state index contributed by atoms with van der Waals surface area (Å²) in [5.41, 5.74) is 4.04. The van der Waals surface area contributed by atoms with E-state index in [1.54, 1.807) is 24.1 Å². The Balaban J connectivity index is 1.95. The van der Waals surface area contributed by atoms with Crippen LogP contribution in [0.15, 0.2) is 42.5 Å². The zero-order chi connectivity index (χ0) is 18.4. The molecule has 0 aromatic heterocycles. The number of nitro benzene ring substituents is 1. The van der Waals surface area contributed by atoms with E-state index in [0.29, 0.717) is 13.0 Å². The molecule has 0 heterocycles. The summed E-state index contributed by atoms with van der Waals surface area (Å²) in [5.74, 6) is 0. The van der Waals surface area contributed by atoms with Gasteiger partial charge in [0.15, 0.2) is 0 Å². The van der Waals surface area contributed by atoms with Crippen molar-refractivity contribution in [3.05, 3.63) is 69.3 Å². The van der Waals surface area contributed by atoms with Gasteiger partial charge in [0.05, 0.1) is 4.92 Å². The maximum absolute atomic E-state index is 12.4. The van der Waals surface area contributed by atoms with E-state index in [1.807, 2.05) is 25.1 Å². The van der Waals surface area contributed by atoms with Gasteiger partial charge in [-0.25, -0.2) is 4.79 Å². The highest BCUT2D eigenvalue weighted by molar-refractivity contribution is 5.91. The van der Waals surface area contributed by atoms with Crippen molar-refractivity contribution in [2.24, 2.45) is 0 Å². The van der Waals surface area contributed by atoms with Gasteiger partial charge in [0, 0.05) is 31.4 Å². The summed E-state index contributed by atoms with van der Waals surface area (Å²) in [6.45, 7) is 4.56. The maximum atomic E-state index is 12.4. The minimum atomic E-state index is -0.420. The van der Waals surface area contributed by atoms with Gasteiger partial charge in [0.2, 0.25) is 0 Å². The number of likely N-dealkylation sites (N-methyl/N-ethyl adjacent to an activating group) is 1. The first-order chi connectivity index (χ1) is 11.9. The lowest BCUT2D eigenvalue weighted by molar-refractivity contribution is -0.384. The second kappa shape index (κ2) is 8.28. The molecule has 132 valence electrons. The van der Waals surface area contributed by atoms with E-state index in [-0.39, 0.29) is 11.7 Å². The first-order valence-corrected chi connectivity index (χ1v) is 8.26. The molecule has 0 saturated heterocycles. The molecule has 0 aliphatic carbocycles. The van der Waals surface area contributed by atoms with E-state index in [9.17, 15) is 14.9 Å². The van der Waals surface area contributed by atoms with Crippen molar-refractivity contribution in [1.29, 1.82) is 0 Å². The first kappa shape index (κ1) is 18.4. The van der Waals surface area contributed by atoms with Crippen LogP contribution >= 0.6 is 0 Å². The van der Waals surface area contributed by atoms with Gasteiger partial charge in [0.25, 0.3) is 5.69 Å². The maximum Gasteiger partial charge on any atom is 0.321 e. The summed E-state index contributed by atoms with van der Waals surface area (Å²) in [5, 5.41) is 13.7. The number of benzene rings is 2. The third-order valence-electron chi connectivity index (χ3n) is 4.20. The van der Waals surface area contributed by atoms with E-state index < -0.39 is 4.92 Å². The van der Waals surface area contributed by atoms with Crippen LogP contribution in [0, 0.1) is 17.0 Å². The smallest absolute Gasteiger partial charge is 0.321 e. The van der Waals surface area contributed by atoms with Gasteiger partial charge in [-0.3, -0.25) is 10.1 Å². The van der Waals surface area contributed by atoms with Crippen LogP contribution in [0.2, 0.25) is 0 Å². The topological polar surface area (TPSA) is 75.5 Å². The largest absolute Gasteiger partial charge is 0.327 e. The Hall–Kier alpha value is -2.89. The van der Waals surface area contributed by atoms with E-state index >= 15 is 0 Å². The van der Waals surface area contributed by atoms with Crippen LogP contribution in [0.5, 0.6) is 0 Å². The van der Waals surface area contributed by atoms with E-state index in [4.69, 9.17) is 0 Å². The number of rotatable bonds is 6. The van der Waals surface area contributed by atoms with Gasteiger partial charge < -0.3 is 10.2 Å². The lowest BCUT2D eigenvalue weighted by Gasteiger charge is -2.20. The normalized spacial score (nSPS) is 10.4. The fraction of sp³-hybridized carbons (Fsp3) is 0.316.